The molecule has 0 bridgehead atoms. The lowest BCUT2D eigenvalue weighted by atomic mass is 10.1. The largest absolute Gasteiger partial charge is 0.450 e. The van der Waals surface area contributed by atoms with E-state index in [9.17, 15) is 18.0 Å². The number of amides is 2. The molecule has 0 spiro atoms. The quantitative estimate of drug-likeness (QED) is 0.807. The van der Waals surface area contributed by atoms with Gasteiger partial charge in [-0.25, -0.2) is 13.2 Å². The van der Waals surface area contributed by atoms with Gasteiger partial charge in [0.2, 0.25) is 15.9 Å². The highest BCUT2D eigenvalue weighted by molar-refractivity contribution is 7.89. The van der Waals surface area contributed by atoms with Crippen LogP contribution in [-0.4, -0.2) is 69.0 Å². The zero-order valence-corrected chi connectivity index (χ0v) is 17.0. The maximum Gasteiger partial charge on any atom is 0.409 e. The fourth-order valence-electron chi connectivity index (χ4n) is 2.83. The number of nitrogens with one attached hydrogen (secondary N) is 1. The molecule has 1 fully saturated rings. The van der Waals surface area contributed by atoms with Gasteiger partial charge >= 0.3 is 6.09 Å². The lowest BCUT2D eigenvalue weighted by Gasteiger charge is -2.35. The third-order valence-corrected chi connectivity index (χ3v) is 6.15. The zero-order valence-electron chi connectivity index (χ0n) is 16.2. The minimum absolute atomic E-state index is 0.136. The minimum Gasteiger partial charge on any atom is -0.450 e. The molecule has 150 valence electrons. The average molecular weight is 397 g/mol. The second-order valence-corrected chi connectivity index (χ2v) is 8.31. The van der Waals surface area contributed by atoms with Gasteiger partial charge in [0.05, 0.1) is 17.5 Å². The molecule has 1 N–H and O–H groups in total. The summed E-state index contributed by atoms with van der Waals surface area (Å²) in [5.41, 5.74) is 1.87. The fourth-order valence-corrected chi connectivity index (χ4v) is 4.11. The van der Waals surface area contributed by atoms with Crippen LogP contribution in [0.3, 0.4) is 0 Å². The standard InChI is InChI=1S/C18H27N3O5S/c1-5-26-18(23)21-10-8-20(9-11-21)17(22)15(4)19-27(24,25)16-7-6-13(2)14(3)12-16/h6-7,12,15,19H,5,8-11H2,1-4H3/t15-/m1/s1. The van der Waals surface area contributed by atoms with Crippen molar-refractivity contribution in [3.8, 4) is 0 Å². The fraction of sp³-hybridized carbons (Fsp3) is 0.556. The van der Waals surface area contributed by atoms with E-state index in [0.29, 0.717) is 32.8 Å². The molecule has 2 amide bonds. The van der Waals surface area contributed by atoms with E-state index in [-0.39, 0.29) is 10.8 Å². The number of ether oxygens (including phenoxy) is 1. The first-order valence-corrected chi connectivity index (χ1v) is 10.4. The summed E-state index contributed by atoms with van der Waals surface area (Å²) in [5, 5.41) is 0. The molecular formula is C18H27N3O5S. The van der Waals surface area contributed by atoms with Crippen molar-refractivity contribution in [1.82, 2.24) is 14.5 Å². The van der Waals surface area contributed by atoms with Crippen LogP contribution in [0.4, 0.5) is 4.79 Å². The smallest absolute Gasteiger partial charge is 0.409 e. The normalized spacial score (nSPS) is 16.1. The van der Waals surface area contributed by atoms with Crippen molar-refractivity contribution in [2.45, 2.75) is 38.6 Å². The highest BCUT2D eigenvalue weighted by Gasteiger charge is 2.29. The molecule has 0 unspecified atom stereocenters. The molecule has 0 aromatic heterocycles. The number of aryl methyl sites for hydroxylation is 2. The summed E-state index contributed by atoms with van der Waals surface area (Å²) in [6.07, 6.45) is -0.395. The van der Waals surface area contributed by atoms with E-state index >= 15 is 0 Å². The Morgan fingerprint density at radius 1 is 1.11 bits per heavy atom. The third-order valence-electron chi connectivity index (χ3n) is 4.61. The number of piperazine rings is 1. The van der Waals surface area contributed by atoms with Crippen molar-refractivity contribution in [2.75, 3.05) is 32.8 Å². The lowest BCUT2D eigenvalue weighted by Crippen LogP contribution is -2.55. The predicted octanol–water partition coefficient (Wildman–Crippen LogP) is 1.27. The molecule has 27 heavy (non-hydrogen) atoms. The Morgan fingerprint density at radius 3 is 2.26 bits per heavy atom. The van der Waals surface area contributed by atoms with Crippen molar-refractivity contribution in [2.24, 2.45) is 0 Å². The number of carbonyl (C=O) groups excluding carboxylic acids is 2. The van der Waals surface area contributed by atoms with E-state index in [1.165, 1.54) is 17.9 Å². The van der Waals surface area contributed by atoms with Crippen LogP contribution < -0.4 is 4.72 Å². The van der Waals surface area contributed by atoms with Gasteiger partial charge in [-0.15, -0.1) is 0 Å². The molecule has 1 heterocycles. The third kappa shape index (κ3) is 5.20. The lowest BCUT2D eigenvalue weighted by molar-refractivity contribution is -0.134. The van der Waals surface area contributed by atoms with Crippen LogP contribution in [0.2, 0.25) is 0 Å². The van der Waals surface area contributed by atoms with Crippen molar-refractivity contribution < 1.29 is 22.7 Å². The number of carbonyl (C=O) groups is 2. The molecule has 1 aromatic carbocycles. The van der Waals surface area contributed by atoms with Gasteiger partial charge < -0.3 is 14.5 Å². The average Bonchev–Trinajstić information content (AvgIpc) is 2.63. The SMILES string of the molecule is CCOC(=O)N1CCN(C(=O)[C@@H](C)NS(=O)(=O)c2ccc(C)c(C)c2)CC1. The van der Waals surface area contributed by atoms with Gasteiger partial charge in [0.25, 0.3) is 0 Å². The second-order valence-electron chi connectivity index (χ2n) is 6.60. The molecule has 1 saturated heterocycles. The Morgan fingerprint density at radius 2 is 1.70 bits per heavy atom. The molecule has 8 nitrogen and oxygen atoms in total. The summed E-state index contributed by atoms with van der Waals surface area (Å²) < 4.78 is 32.5. The summed E-state index contributed by atoms with van der Waals surface area (Å²) in [6, 6.07) is 3.96. The second kappa shape index (κ2) is 8.71. The summed E-state index contributed by atoms with van der Waals surface area (Å²) >= 11 is 0. The van der Waals surface area contributed by atoms with Crippen LogP contribution in [-0.2, 0) is 19.6 Å². The topological polar surface area (TPSA) is 96.0 Å². The first-order valence-electron chi connectivity index (χ1n) is 8.95. The van der Waals surface area contributed by atoms with Crippen LogP contribution in [0, 0.1) is 13.8 Å². The van der Waals surface area contributed by atoms with Gasteiger partial charge in [0.15, 0.2) is 0 Å². The van der Waals surface area contributed by atoms with Gasteiger partial charge in [0.1, 0.15) is 0 Å². The Bertz CT molecular complexity index is 801. The Kier molecular flexibility index (Phi) is 6.83. The van der Waals surface area contributed by atoms with E-state index in [2.05, 4.69) is 4.72 Å². The van der Waals surface area contributed by atoms with E-state index in [1.54, 1.807) is 24.0 Å². The Labute approximate surface area is 160 Å². The van der Waals surface area contributed by atoms with E-state index in [1.807, 2.05) is 13.8 Å². The highest BCUT2D eigenvalue weighted by Crippen LogP contribution is 2.15. The number of hydrogen-bond donors (Lipinski definition) is 1. The Hall–Kier alpha value is -2.13. The number of nitrogens with zero attached hydrogens (tertiary/aromatic N) is 2. The van der Waals surface area contributed by atoms with Crippen LogP contribution in [0.1, 0.15) is 25.0 Å². The van der Waals surface area contributed by atoms with Crippen LogP contribution in [0.15, 0.2) is 23.1 Å². The maximum atomic E-state index is 12.6. The summed E-state index contributed by atoms with van der Waals surface area (Å²) in [4.78, 5) is 27.5. The molecule has 0 saturated carbocycles. The van der Waals surface area contributed by atoms with Gasteiger partial charge in [-0.3, -0.25) is 4.79 Å². The van der Waals surface area contributed by atoms with Crippen LogP contribution in [0.25, 0.3) is 0 Å². The molecule has 0 radical (unpaired) electrons. The zero-order chi connectivity index (χ0) is 20.2. The first-order chi connectivity index (χ1) is 12.7. The highest BCUT2D eigenvalue weighted by atomic mass is 32.2. The Balaban J connectivity index is 1.97. The van der Waals surface area contributed by atoms with E-state index in [0.717, 1.165) is 11.1 Å². The molecule has 9 heteroatoms. The summed E-state index contributed by atoms with van der Waals surface area (Å²) in [7, 11) is -3.80. The molecular weight excluding hydrogens is 370 g/mol. The van der Waals surface area contributed by atoms with Gasteiger partial charge in [0, 0.05) is 26.2 Å². The van der Waals surface area contributed by atoms with Gasteiger partial charge in [-0.05, 0) is 51.0 Å². The van der Waals surface area contributed by atoms with Gasteiger partial charge in [-0.2, -0.15) is 4.72 Å². The van der Waals surface area contributed by atoms with Crippen LogP contribution >= 0.6 is 0 Å². The van der Waals surface area contributed by atoms with Crippen molar-refractivity contribution in [1.29, 1.82) is 0 Å². The maximum absolute atomic E-state index is 12.6. The van der Waals surface area contributed by atoms with E-state index < -0.39 is 22.2 Å². The molecule has 2 rings (SSSR count). The number of rotatable bonds is 5. The van der Waals surface area contributed by atoms with Crippen molar-refractivity contribution in [3.63, 3.8) is 0 Å². The number of benzene rings is 1. The predicted molar refractivity (Wildman–Crippen MR) is 101 cm³/mol. The monoisotopic (exact) mass is 397 g/mol. The first kappa shape index (κ1) is 21.2. The van der Waals surface area contributed by atoms with Crippen molar-refractivity contribution >= 4 is 22.0 Å². The molecule has 0 aliphatic carbocycles. The van der Waals surface area contributed by atoms with E-state index in [4.69, 9.17) is 4.74 Å². The molecule has 1 aromatic rings. The number of hydrogen-bond acceptors (Lipinski definition) is 5. The molecule has 1 aliphatic heterocycles. The van der Waals surface area contributed by atoms with Crippen molar-refractivity contribution in [3.05, 3.63) is 29.3 Å². The minimum atomic E-state index is -3.80. The molecule has 1 aliphatic rings. The summed E-state index contributed by atoms with van der Waals surface area (Å²) in [6.45, 7) is 8.71. The summed E-state index contributed by atoms with van der Waals surface area (Å²) in [5.74, 6) is -0.314. The molecule has 1 atom stereocenters. The number of sulfonamides is 1. The van der Waals surface area contributed by atoms with Crippen LogP contribution in [0.5, 0.6) is 0 Å². The van der Waals surface area contributed by atoms with Gasteiger partial charge in [-0.1, -0.05) is 6.07 Å².